The minimum Gasteiger partial charge on any atom is -0.440 e. The van der Waals surface area contributed by atoms with E-state index in [1.807, 2.05) is 6.07 Å². The van der Waals surface area contributed by atoms with Gasteiger partial charge in [-0.25, -0.2) is 4.98 Å². The van der Waals surface area contributed by atoms with Crippen LogP contribution in [0.1, 0.15) is 29.4 Å². The highest BCUT2D eigenvalue weighted by molar-refractivity contribution is 6.31. The Morgan fingerprint density at radius 1 is 1.15 bits per heavy atom. The Hall–Kier alpha value is -2.05. The van der Waals surface area contributed by atoms with Crippen molar-refractivity contribution in [2.24, 2.45) is 0 Å². The van der Waals surface area contributed by atoms with Crippen molar-refractivity contribution in [1.82, 2.24) is 9.88 Å². The summed E-state index contributed by atoms with van der Waals surface area (Å²) >= 11 is 5.98. The molecule has 0 radical (unpaired) electrons. The van der Waals surface area contributed by atoms with Gasteiger partial charge in [-0.15, -0.1) is 0 Å². The molecule has 2 heterocycles. The molecular formula is C19H16ClF3N2O. The highest BCUT2D eigenvalue weighted by Gasteiger charge is 2.31. The van der Waals surface area contributed by atoms with E-state index in [0.29, 0.717) is 23.0 Å². The molecule has 0 bridgehead atoms. The maximum absolute atomic E-state index is 12.6. The summed E-state index contributed by atoms with van der Waals surface area (Å²) in [7, 11) is 0. The van der Waals surface area contributed by atoms with Crippen LogP contribution in [-0.2, 0) is 12.7 Å². The molecule has 2 aromatic carbocycles. The third-order valence-electron chi connectivity index (χ3n) is 4.68. The van der Waals surface area contributed by atoms with Crippen molar-refractivity contribution in [1.29, 1.82) is 0 Å². The summed E-state index contributed by atoms with van der Waals surface area (Å²) in [4.78, 5) is 6.74. The molecule has 1 aliphatic heterocycles. The Kier molecular flexibility index (Phi) is 4.40. The molecule has 7 heteroatoms. The summed E-state index contributed by atoms with van der Waals surface area (Å²) in [5.74, 6) is 0.868. The number of hydrogen-bond donors (Lipinski definition) is 0. The first-order chi connectivity index (χ1) is 12.4. The number of alkyl halides is 3. The molecule has 0 aliphatic carbocycles. The SMILES string of the molecule is FC(F)(F)c1ccc(CN2CC[C@H](c3nc4cc(Cl)ccc4o3)C2)cc1. The van der Waals surface area contributed by atoms with Crippen LogP contribution in [0.2, 0.25) is 5.02 Å². The lowest BCUT2D eigenvalue weighted by molar-refractivity contribution is -0.137. The van der Waals surface area contributed by atoms with Gasteiger partial charge in [-0.05, 0) is 48.9 Å². The largest absolute Gasteiger partial charge is 0.440 e. The van der Waals surface area contributed by atoms with Crippen molar-refractivity contribution < 1.29 is 17.6 Å². The molecule has 0 saturated carbocycles. The highest BCUT2D eigenvalue weighted by Crippen LogP contribution is 2.32. The standard InChI is InChI=1S/C19H16ClF3N2O/c20-15-5-6-17-16(9-15)24-18(26-17)13-7-8-25(11-13)10-12-1-3-14(4-2-12)19(21,22)23/h1-6,9,13H,7-8,10-11H2/t13-/m0/s1. The van der Waals surface area contributed by atoms with E-state index in [9.17, 15) is 13.2 Å². The second-order valence-corrected chi connectivity index (χ2v) is 7.02. The second-order valence-electron chi connectivity index (χ2n) is 6.58. The fourth-order valence-electron chi connectivity index (χ4n) is 3.33. The molecule has 1 aliphatic rings. The summed E-state index contributed by atoms with van der Waals surface area (Å²) in [5, 5.41) is 0.618. The zero-order valence-electron chi connectivity index (χ0n) is 13.8. The van der Waals surface area contributed by atoms with Gasteiger partial charge in [-0.3, -0.25) is 4.90 Å². The molecule has 3 aromatic rings. The van der Waals surface area contributed by atoms with E-state index >= 15 is 0 Å². The van der Waals surface area contributed by atoms with E-state index in [-0.39, 0.29) is 5.92 Å². The summed E-state index contributed by atoms with van der Waals surface area (Å²) in [6.45, 7) is 2.23. The van der Waals surface area contributed by atoms with Gasteiger partial charge in [-0.2, -0.15) is 13.2 Å². The van der Waals surface area contributed by atoms with Crippen molar-refractivity contribution in [2.75, 3.05) is 13.1 Å². The normalized spacial score (nSPS) is 18.7. The average Bonchev–Trinajstić information content (AvgIpc) is 3.20. The first-order valence-corrected chi connectivity index (χ1v) is 8.71. The third kappa shape index (κ3) is 3.57. The predicted octanol–water partition coefficient (Wildman–Crippen LogP) is 5.49. The number of rotatable bonds is 3. The molecule has 3 nitrogen and oxygen atoms in total. The van der Waals surface area contributed by atoms with E-state index in [1.54, 1.807) is 12.1 Å². The molecule has 0 amide bonds. The number of benzene rings is 2. The van der Waals surface area contributed by atoms with Gasteiger partial charge in [-0.1, -0.05) is 23.7 Å². The number of oxazole rings is 1. The average molecular weight is 381 g/mol. The van der Waals surface area contributed by atoms with Gasteiger partial charge in [0.05, 0.1) is 5.56 Å². The van der Waals surface area contributed by atoms with Crippen molar-refractivity contribution in [3.05, 3.63) is 64.5 Å². The van der Waals surface area contributed by atoms with Gasteiger partial charge in [0.25, 0.3) is 0 Å². The van der Waals surface area contributed by atoms with Crippen LogP contribution in [0, 0.1) is 0 Å². The van der Waals surface area contributed by atoms with Gasteiger partial charge in [0.1, 0.15) is 5.52 Å². The highest BCUT2D eigenvalue weighted by atomic mass is 35.5. The lowest BCUT2D eigenvalue weighted by Crippen LogP contribution is -2.20. The number of nitrogens with zero attached hydrogens (tertiary/aromatic N) is 2. The topological polar surface area (TPSA) is 29.3 Å². The summed E-state index contributed by atoms with van der Waals surface area (Å²) < 4.78 is 43.8. The van der Waals surface area contributed by atoms with Crippen LogP contribution >= 0.6 is 11.6 Å². The lowest BCUT2D eigenvalue weighted by Gasteiger charge is -2.16. The number of aromatic nitrogens is 1. The van der Waals surface area contributed by atoms with E-state index in [1.165, 1.54) is 12.1 Å². The van der Waals surface area contributed by atoms with Crippen molar-refractivity contribution in [3.8, 4) is 0 Å². The molecule has 1 aromatic heterocycles. The minimum absolute atomic E-state index is 0.177. The molecule has 26 heavy (non-hydrogen) atoms. The van der Waals surface area contributed by atoms with E-state index in [0.717, 1.165) is 42.7 Å². The first-order valence-electron chi connectivity index (χ1n) is 8.33. The van der Waals surface area contributed by atoms with Crippen molar-refractivity contribution in [3.63, 3.8) is 0 Å². The zero-order chi connectivity index (χ0) is 18.3. The lowest BCUT2D eigenvalue weighted by atomic mass is 10.1. The fraction of sp³-hybridized carbons (Fsp3) is 0.316. The van der Waals surface area contributed by atoms with Crippen molar-refractivity contribution >= 4 is 22.7 Å². The number of fused-ring (bicyclic) bond motifs is 1. The number of halogens is 4. The van der Waals surface area contributed by atoms with Crippen molar-refractivity contribution in [2.45, 2.75) is 25.1 Å². The first kappa shape index (κ1) is 17.4. The van der Waals surface area contributed by atoms with Gasteiger partial charge in [0, 0.05) is 24.0 Å². The molecule has 0 N–H and O–H groups in total. The van der Waals surface area contributed by atoms with Gasteiger partial charge in [0.2, 0.25) is 0 Å². The molecule has 1 fully saturated rings. The Morgan fingerprint density at radius 2 is 1.92 bits per heavy atom. The van der Waals surface area contributed by atoms with Crippen LogP contribution in [0.15, 0.2) is 46.9 Å². The fourth-order valence-corrected chi connectivity index (χ4v) is 3.49. The molecule has 1 saturated heterocycles. The van der Waals surface area contributed by atoms with Crippen LogP contribution in [0.5, 0.6) is 0 Å². The Morgan fingerprint density at radius 3 is 2.65 bits per heavy atom. The van der Waals surface area contributed by atoms with Crippen LogP contribution in [0.25, 0.3) is 11.1 Å². The molecule has 136 valence electrons. The second kappa shape index (κ2) is 6.59. The minimum atomic E-state index is -4.30. The Labute approximate surface area is 153 Å². The van der Waals surface area contributed by atoms with Crippen LogP contribution in [0.3, 0.4) is 0 Å². The Bertz CT molecular complexity index is 921. The van der Waals surface area contributed by atoms with E-state index in [4.69, 9.17) is 16.0 Å². The molecule has 1 atom stereocenters. The third-order valence-corrected chi connectivity index (χ3v) is 4.91. The van der Waals surface area contributed by atoms with Crippen LogP contribution in [0.4, 0.5) is 13.2 Å². The van der Waals surface area contributed by atoms with Gasteiger partial charge in [0.15, 0.2) is 11.5 Å². The molecule has 0 unspecified atom stereocenters. The molecular weight excluding hydrogens is 365 g/mol. The quantitative estimate of drug-likeness (QED) is 0.601. The predicted molar refractivity (Wildman–Crippen MR) is 93.1 cm³/mol. The smallest absolute Gasteiger partial charge is 0.416 e. The molecule has 0 spiro atoms. The van der Waals surface area contributed by atoms with Gasteiger partial charge < -0.3 is 4.42 Å². The number of hydrogen-bond acceptors (Lipinski definition) is 3. The maximum atomic E-state index is 12.6. The monoisotopic (exact) mass is 380 g/mol. The Balaban J connectivity index is 1.43. The van der Waals surface area contributed by atoms with E-state index < -0.39 is 11.7 Å². The van der Waals surface area contributed by atoms with Crippen LogP contribution in [-0.4, -0.2) is 23.0 Å². The van der Waals surface area contributed by atoms with Gasteiger partial charge >= 0.3 is 6.18 Å². The summed E-state index contributed by atoms with van der Waals surface area (Å²) in [6, 6.07) is 10.7. The summed E-state index contributed by atoms with van der Waals surface area (Å²) in [6.07, 6.45) is -3.39. The maximum Gasteiger partial charge on any atom is 0.416 e. The summed E-state index contributed by atoms with van der Waals surface area (Å²) in [5.41, 5.74) is 1.70. The molecule has 4 rings (SSSR count). The zero-order valence-corrected chi connectivity index (χ0v) is 14.5. The van der Waals surface area contributed by atoms with Crippen LogP contribution < -0.4 is 0 Å². The van der Waals surface area contributed by atoms with E-state index in [2.05, 4.69) is 9.88 Å². The number of likely N-dealkylation sites (tertiary alicyclic amines) is 1.